The van der Waals surface area contributed by atoms with Crippen molar-refractivity contribution in [2.75, 3.05) is 0 Å². The van der Waals surface area contributed by atoms with Crippen molar-refractivity contribution in [2.45, 2.75) is 31.7 Å². The Morgan fingerprint density at radius 1 is 1.07 bits per heavy atom. The van der Waals surface area contributed by atoms with Crippen molar-refractivity contribution in [2.24, 2.45) is 0 Å². The molecule has 5 rings (SSSR count). The summed E-state index contributed by atoms with van der Waals surface area (Å²) in [5.41, 5.74) is 4.81. The Kier molecular flexibility index (Phi) is 4.20. The summed E-state index contributed by atoms with van der Waals surface area (Å²) in [6.45, 7) is 2.83. The van der Waals surface area contributed by atoms with Gasteiger partial charge in [-0.1, -0.05) is 60.2 Å². The average molecular weight is 388 g/mol. The quantitative estimate of drug-likeness (QED) is 0.503. The minimum Gasteiger partial charge on any atom is -0.269 e. The summed E-state index contributed by atoms with van der Waals surface area (Å²) in [5, 5.41) is 12.1. The molecule has 1 aliphatic carbocycles. The summed E-state index contributed by atoms with van der Waals surface area (Å²) in [4.78, 5) is 0. The molecule has 5 nitrogen and oxygen atoms in total. The first-order chi connectivity index (χ1) is 13.7. The molecule has 0 spiro atoms. The van der Waals surface area contributed by atoms with E-state index in [9.17, 15) is 0 Å². The van der Waals surface area contributed by atoms with Gasteiger partial charge in [-0.2, -0.15) is 10.2 Å². The molecule has 0 amide bonds. The van der Waals surface area contributed by atoms with E-state index in [1.54, 1.807) is 0 Å². The summed E-state index contributed by atoms with van der Waals surface area (Å²) in [7, 11) is 0. The number of aromatic nitrogens is 5. The largest absolute Gasteiger partial charge is 0.269 e. The number of nitrogens with zero attached hydrogens (tertiary/aromatic N) is 4. The molecule has 1 aliphatic rings. The number of rotatable bonds is 5. The zero-order valence-electron chi connectivity index (χ0n) is 15.6. The third-order valence-corrected chi connectivity index (χ3v) is 5.66. The molecule has 4 aromatic rings. The molecule has 1 N–H and O–H groups in total. The number of H-pyrrole nitrogens is 1. The van der Waals surface area contributed by atoms with E-state index in [1.165, 1.54) is 16.7 Å². The molecule has 0 aliphatic heterocycles. The van der Waals surface area contributed by atoms with Gasteiger partial charge in [-0.3, -0.25) is 14.3 Å². The van der Waals surface area contributed by atoms with Crippen LogP contribution in [0.25, 0.3) is 5.69 Å². The van der Waals surface area contributed by atoms with Gasteiger partial charge in [0.2, 0.25) is 0 Å². The van der Waals surface area contributed by atoms with Crippen LogP contribution in [0.4, 0.5) is 0 Å². The average Bonchev–Trinajstić information content (AvgIpc) is 3.23. The highest BCUT2D eigenvalue weighted by atomic mass is 32.1. The van der Waals surface area contributed by atoms with Crippen molar-refractivity contribution in [1.82, 2.24) is 24.5 Å². The number of aromatic amines is 1. The first kappa shape index (κ1) is 17.1. The molecular weight excluding hydrogens is 366 g/mol. The molecule has 2 atom stereocenters. The van der Waals surface area contributed by atoms with Gasteiger partial charge in [0.25, 0.3) is 0 Å². The zero-order chi connectivity index (χ0) is 19.1. The zero-order valence-corrected chi connectivity index (χ0v) is 16.4. The summed E-state index contributed by atoms with van der Waals surface area (Å²) >= 11 is 5.52. The first-order valence-electron chi connectivity index (χ1n) is 9.49. The number of benzene rings is 2. The molecule has 2 aromatic heterocycles. The van der Waals surface area contributed by atoms with Gasteiger partial charge in [-0.25, -0.2) is 0 Å². The van der Waals surface area contributed by atoms with Crippen LogP contribution >= 0.6 is 12.2 Å². The van der Waals surface area contributed by atoms with Gasteiger partial charge >= 0.3 is 0 Å². The smallest absolute Gasteiger partial charge is 0.199 e. The number of nitrogens with one attached hydrogen (secondary N) is 1. The van der Waals surface area contributed by atoms with Crippen molar-refractivity contribution in [3.63, 3.8) is 0 Å². The lowest BCUT2D eigenvalue weighted by atomic mass is 10.1. The molecule has 2 heterocycles. The fourth-order valence-corrected chi connectivity index (χ4v) is 4.04. The molecule has 0 saturated heterocycles. The monoisotopic (exact) mass is 387 g/mol. The number of aryl methyl sites for hydroxylation is 1. The Morgan fingerprint density at radius 2 is 1.86 bits per heavy atom. The number of hydrogen-bond acceptors (Lipinski definition) is 3. The summed E-state index contributed by atoms with van der Waals surface area (Å²) in [6, 6.07) is 19.2. The van der Waals surface area contributed by atoms with Gasteiger partial charge < -0.3 is 0 Å². The predicted octanol–water partition coefficient (Wildman–Crippen LogP) is 4.75. The van der Waals surface area contributed by atoms with Crippen LogP contribution in [0.15, 0.2) is 67.0 Å². The standard InChI is InChI=1S/C22H21N5S/c1-15-7-9-16(10-8-15)13-26-14-18(12-23-26)27-21(24-25-22(27)28)20-11-19(20)17-5-3-2-4-6-17/h2-10,12,14,19-20H,11,13H2,1H3,(H,25,28)/t19-,20+/m0/s1. The minimum absolute atomic E-state index is 0.385. The lowest BCUT2D eigenvalue weighted by Gasteiger charge is -2.05. The van der Waals surface area contributed by atoms with E-state index in [0.717, 1.165) is 24.5 Å². The van der Waals surface area contributed by atoms with E-state index in [2.05, 4.69) is 76.8 Å². The van der Waals surface area contributed by atoms with Gasteiger partial charge in [0, 0.05) is 12.1 Å². The van der Waals surface area contributed by atoms with E-state index in [0.29, 0.717) is 16.6 Å². The molecule has 2 aromatic carbocycles. The Hall–Kier alpha value is -2.99. The van der Waals surface area contributed by atoms with Crippen molar-refractivity contribution >= 4 is 12.2 Å². The lowest BCUT2D eigenvalue weighted by molar-refractivity contribution is 0.686. The number of hydrogen-bond donors (Lipinski definition) is 1. The van der Waals surface area contributed by atoms with E-state index in [1.807, 2.05) is 21.6 Å². The third-order valence-electron chi connectivity index (χ3n) is 5.39. The van der Waals surface area contributed by atoms with E-state index >= 15 is 0 Å². The van der Waals surface area contributed by atoms with Crippen LogP contribution in [0.3, 0.4) is 0 Å². The molecule has 140 valence electrons. The van der Waals surface area contributed by atoms with Crippen molar-refractivity contribution in [3.8, 4) is 5.69 Å². The highest BCUT2D eigenvalue weighted by Crippen LogP contribution is 2.54. The van der Waals surface area contributed by atoms with E-state index in [-0.39, 0.29) is 0 Å². The first-order valence-corrected chi connectivity index (χ1v) is 9.90. The fraction of sp³-hybridized carbons (Fsp3) is 0.227. The van der Waals surface area contributed by atoms with Gasteiger partial charge in [0.05, 0.1) is 18.4 Å². The predicted molar refractivity (Wildman–Crippen MR) is 111 cm³/mol. The van der Waals surface area contributed by atoms with Crippen molar-refractivity contribution in [3.05, 3.63) is 94.3 Å². The maximum atomic E-state index is 5.52. The van der Waals surface area contributed by atoms with Crippen LogP contribution in [0.2, 0.25) is 0 Å². The fourth-order valence-electron chi connectivity index (χ4n) is 3.79. The molecule has 1 saturated carbocycles. The molecule has 0 unspecified atom stereocenters. The van der Waals surface area contributed by atoms with Gasteiger partial charge in [0.1, 0.15) is 5.82 Å². The van der Waals surface area contributed by atoms with E-state index < -0.39 is 0 Å². The summed E-state index contributed by atoms with van der Waals surface area (Å²) in [6.07, 6.45) is 5.00. The Morgan fingerprint density at radius 3 is 2.64 bits per heavy atom. The Labute approximate surface area is 168 Å². The van der Waals surface area contributed by atoms with Gasteiger partial charge in [0.15, 0.2) is 4.77 Å². The molecule has 0 radical (unpaired) electrons. The SMILES string of the molecule is Cc1ccc(Cn2cc(-n3c([C@@H]4C[C@H]4c4ccccc4)n[nH]c3=S)cn2)cc1. The second-order valence-electron chi connectivity index (χ2n) is 7.46. The second-order valence-corrected chi connectivity index (χ2v) is 7.85. The van der Waals surface area contributed by atoms with Gasteiger partial charge in [-0.05, 0) is 42.6 Å². The molecule has 0 bridgehead atoms. The topological polar surface area (TPSA) is 51.4 Å². The van der Waals surface area contributed by atoms with Crippen LogP contribution in [0.1, 0.15) is 40.8 Å². The van der Waals surface area contributed by atoms with Crippen LogP contribution in [0.5, 0.6) is 0 Å². The second kappa shape index (κ2) is 6.87. The lowest BCUT2D eigenvalue weighted by Crippen LogP contribution is -2.02. The molecule has 28 heavy (non-hydrogen) atoms. The Bertz CT molecular complexity index is 1150. The maximum Gasteiger partial charge on any atom is 0.199 e. The molecule has 6 heteroatoms. The third kappa shape index (κ3) is 3.20. The van der Waals surface area contributed by atoms with Crippen LogP contribution < -0.4 is 0 Å². The normalized spacial score (nSPS) is 18.3. The van der Waals surface area contributed by atoms with Crippen LogP contribution in [-0.2, 0) is 6.54 Å². The minimum atomic E-state index is 0.385. The van der Waals surface area contributed by atoms with E-state index in [4.69, 9.17) is 12.2 Å². The van der Waals surface area contributed by atoms with Crippen molar-refractivity contribution < 1.29 is 0 Å². The van der Waals surface area contributed by atoms with Crippen molar-refractivity contribution in [1.29, 1.82) is 0 Å². The highest BCUT2D eigenvalue weighted by Gasteiger charge is 2.43. The highest BCUT2D eigenvalue weighted by molar-refractivity contribution is 7.71. The molecule has 1 fully saturated rings. The van der Waals surface area contributed by atoms with Crippen LogP contribution in [-0.4, -0.2) is 24.5 Å². The summed E-state index contributed by atoms with van der Waals surface area (Å²) in [5.74, 6) is 1.89. The Balaban J connectivity index is 1.41. The maximum absolute atomic E-state index is 5.52. The van der Waals surface area contributed by atoms with Gasteiger partial charge in [-0.15, -0.1) is 0 Å². The summed E-state index contributed by atoms with van der Waals surface area (Å²) < 4.78 is 4.59. The van der Waals surface area contributed by atoms with Crippen LogP contribution in [0, 0.1) is 11.7 Å². The molecular formula is C22H21N5S.